The second-order valence-electron chi connectivity index (χ2n) is 16.6. The molecule has 0 fully saturated rings. The van der Waals surface area contributed by atoms with Gasteiger partial charge in [0.1, 0.15) is 0 Å². The van der Waals surface area contributed by atoms with Crippen molar-refractivity contribution in [2.75, 3.05) is 7.05 Å². The number of aromatic nitrogens is 1. The molecule has 1 aliphatic heterocycles. The number of para-hydroxylation sites is 3. The van der Waals surface area contributed by atoms with E-state index in [0.717, 1.165) is 6.42 Å². The SMILES string of the molecule is CC1(C)c2ccccc2C2(c3ccccc3-n3c4ccccc4c4cccc2c43)c2cc(Cc3ccc4ccccc4c3)ccc21.CN.NCc1ccc2ccccc2c1. The molecule has 10 aromatic rings. The fraction of sp³-hybridized carbons (Fsp3) is 0.123. The van der Waals surface area contributed by atoms with Gasteiger partial charge in [-0.15, -0.1) is 0 Å². The third-order valence-corrected chi connectivity index (χ3v) is 13.1. The monoisotopic (exact) mass is 775 g/mol. The maximum Gasteiger partial charge on any atom is 0.0748 e. The Labute approximate surface area is 352 Å². The molecule has 4 N–H and O–H groups in total. The minimum atomic E-state index is -0.457. The smallest absolute Gasteiger partial charge is 0.0748 e. The van der Waals surface area contributed by atoms with E-state index in [1.165, 1.54) is 106 Å². The van der Waals surface area contributed by atoms with Gasteiger partial charge in [-0.1, -0.05) is 190 Å². The van der Waals surface area contributed by atoms with E-state index in [9.17, 15) is 0 Å². The minimum absolute atomic E-state index is 0.147. The average molecular weight is 776 g/mol. The maximum atomic E-state index is 5.54. The molecule has 1 unspecified atom stereocenters. The molecule has 0 saturated carbocycles. The molecule has 2 aliphatic rings. The van der Waals surface area contributed by atoms with Crippen LogP contribution in [-0.4, -0.2) is 11.6 Å². The van der Waals surface area contributed by atoms with E-state index in [1.54, 1.807) is 0 Å². The summed E-state index contributed by atoms with van der Waals surface area (Å²) in [5, 5.41) is 7.75. The molecule has 2 heterocycles. The molecular formula is C57H49N3. The molecule has 3 heteroatoms. The second-order valence-corrected chi connectivity index (χ2v) is 16.6. The lowest BCUT2D eigenvalue weighted by atomic mass is 9.53. The second kappa shape index (κ2) is 14.8. The standard InChI is InChI=1S/C45H33N.C11H11N.CH5N/c1-44(2)35-16-6-7-17-37(35)45(40-28-30(23-25-36(40)44)26-29-22-24-31-12-3-4-13-32(31)27-29)38-18-8-10-21-42(38)46-41-20-9-5-14-33(41)34-15-11-19-39(45)43(34)46;12-8-9-5-6-10-3-1-2-4-11(10)7-9;1-2/h3-25,27-28H,26H2,1-2H3;1-7H,8,12H2;2H2,1H3. The number of nitrogens with zero attached hydrogens (tertiary/aromatic N) is 1. The molecule has 292 valence electrons. The van der Waals surface area contributed by atoms with Crippen LogP contribution in [-0.2, 0) is 23.8 Å². The Balaban J connectivity index is 0.000000264. The summed E-state index contributed by atoms with van der Waals surface area (Å²) in [6, 6.07) is 71.9. The summed E-state index contributed by atoms with van der Waals surface area (Å²) in [5.41, 5.74) is 25.5. The van der Waals surface area contributed by atoms with Gasteiger partial charge in [0.05, 0.1) is 22.1 Å². The van der Waals surface area contributed by atoms with Gasteiger partial charge in [0.25, 0.3) is 0 Å². The highest BCUT2D eigenvalue weighted by atomic mass is 15.0. The molecule has 0 saturated heterocycles. The molecule has 1 spiro atoms. The zero-order valence-corrected chi connectivity index (χ0v) is 34.5. The van der Waals surface area contributed by atoms with Gasteiger partial charge in [-0.05, 0) is 103 Å². The van der Waals surface area contributed by atoms with Crippen molar-refractivity contribution >= 4 is 43.4 Å². The van der Waals surface area contributed by atoms with Gasteiger partial charge in [0.15, 0.2) is 0 Å². The third kappa shape index (κ3) is 5.65. The van der Waals surface area contributed by atoms with E-state index >= 15 is 0 Å². The van der Waals surface area contributed by atoms with Crippen molar-refractivity contribution in [2.45, 2.75) is 37.6 Å². The number of rotatable bonds is 3. The lowest BCUT2D eigenvalue weighted by Gasteiger charge is -2.50. The summed E-state index contributed by atoms with van der Waals surface area (Å²) in [4.78, 5) is 0. The normalized spacial score (nSPS) is 15.4. The Morgan fingerprint density at radius 3 is 1.67 bits per heavy atom. The zero-order chi connectivity index (χ0) is 41.0. The van der Waals surface area contributed by atoms with Crippen LogP contribution in [0.2, 0.25) is 0 Å². The van der Waals surface area contributed by atoms with Crippen LogP contribution in [0.4, 0.5) is 0 Å². The first kappa shape index (κ1) is 37.5. The summed E-state index contributed by atoms with van der Waals surface area (Å²) >= 11 is 0. The zero-order valence-electron chi connectivity index (χ0n) is 34.5. The van der Waals surface area contributed by atoms with Crippen molar-refractivity contribution in [3.63, 3.8) is 0 Å². The van der Waals surface area contributed by atoms with E-state index in [2.05, 4.69) is 206 Å². The Hall–Kier alpha value is -6.78. The van der Waals surface area contributed by atoms with Crippen LogP contribution >= 0.6 is 0 Å². The molecule has 0 amide bonds. The Morgan fingerprint density at radius 2 is 0.933 bits per heavy atom. The highest BCUT2D eigenvalue weighted by Crippen LogP contribution is 2.60. The average Bonchev–Trinajstić information content (AvgIpc) is 3.65. The first-order valence-corrected chi connectivity index (χ1v) is 21.1. The predicted molar refractivity (Wildman–Crippen MR) is 253 cm³/mol. The topological polar surface area (TPSA) is 57.0 Å². The Morgan fingerprint density at radius 1 is 0.417 bits per heavy atom. The van der Waals surface area contributed by atoms with Gasteiger partial charge in [-0.2, -0.15) is 0 Å². The molecule has 12 rings (SSSR count). The lowest BCUT2D eigenvalue weighted by molar-refractivity contribution is 0.555. The predicted octanol–water partition coefficient (Wildman–Crippen LogP) is 12.7. The van der Waals surface area contributed by atoms with Gasteiger partial charge >= 0.3 is 0 Å². The van der Waals surface area contributed by atoms with Crippen molar-refractivity contribution in [1.82, 2.24) is 4.57 Å². The number of hydrogen-bond acceptors (Lipinski definition) is 2. The van der Waals surface area contributed by atoms with Crippen LogP contribution in [0.3, 0.4) is 0 Å². The summed E-state index contributed by atoms with van der Waals surface area (Å²) < 4.78 is 2.53. The van der Waals surface area contributed by atoms with Gasteiger partial charge in [0, 0.05) is 22.7 Å². The van der Waals surface area contributed by atoms with Gasteiger partial charge in [-0.25, -0.2) is 0 Å². The van der Waals surface area contributed by atoms with Crippen molar-refractivity contribution in [1.29, 1.82) is 0 Å². The molecule has 9 aromatic carbocycles. The van der Waals surface area contributed by atoms with Gasteiger partial charge in [-0.3, -0.25) is 0 Å². The van der Waals surface area contributed by atoms with Crippen LogP contribution in [0.1, 0.15) is 63.9 Å². The third-order valence-electron chi connectivity index (χ3n) is 13.1. The lowest BCUT2D eigenvalue weighted by Crippen LogP contribution is -2.44. The first-order chi connectivity index (χ1) is 29.5. The fourth-order valence-corrected chi connectivity index (χ4v) is 10.4. The molecule has 1 atom stereocenters. The van der Waals surface area contributed by atoms with Crippen LogP contribution in [0.5, 0.6) is 0 Å². The van der Waals surface area contributed by atoms with Crippen molar-refractivity contribution in [3.8, 4) is 5.69 Å². The molecule has 60 heavy (non-hydrogen) atoms. The van der Waals surface area contributed by atoms with Crippen LogP contribution < -0.4 is 11.5 Å². The summed E-state index contributed by atoms with van der Waals surface area (Å²) in [6.07, 6.45) is 0.891. The Bertz CT molecular complexity index is 3240. The molecule has 0 radical (unpaired) electrons. The van der Waals surface area contributed by atoms with Crippen molar-refractivity contribution in [3.05, 3.63) is 244 Å². The fourth-order valence-electron chi connectivity index (χ4n) is 10.4. The van der Waals surface area contributed by atoms with Crippen LogP contribution in [0.25, 0.3) is 49.0 Å². The molecule has 1 aromatic heterocycles. The first-order valence-electron chi connectivity index (χ1n) is 21.1. The van der Waals surface area contributed by atoms with Gasteiger partial charge < -0.3 is 16.0 Å². The van der Waals surface area contributed by atoms with Gasteiger partial charge in [0.2, 0.25) is 0 Å². The summed E-state index contributed by atoms with van der Waals surface area (Å²) in [5.74, 6) is 0. The number of hydrogen-bond donors (Lipinski definition) is 2. The largest absolute Gasteiger partial charge is 0.333 e. The number of benzene rings is 9. The van der Waals surface area contributed by atoms with E-state index in [-0.39, 0.29) is 5.41 Å². The minimum Gasteiger partial charge on any atom is -0.333 e. The van der Waals surface area contributed by atoms with Crippen molar-refractivity contribution in [2.24, 2.45) is 11.5 Å². The molecule has 1 aliphatic carbocycles. The molecule has 0 bridgehead atoms. The van der Waals surface area contributed by atoms with Crippen LogP contribution in [0, 0.1) is 0 Å². The summed E-state index contributed by atoms with van der Waals surface area (Å²) in [7, 11) is 1.50. The molecule has 3 nitrogen and oxygen atoms in total. The number of fused-ring (bicyclic) bond motifs is 13. The van der Waals surface area contributed by atoms with E-state index in [0.29, 0.717) is 6.54 Å². The quantitative estimate of drug-likeness (QED) is 0.188. The van der Waals surface area contributed by atoms with E-state index < -0.39 is 5.41 Å². The number of nitrogens with two attached hydrogens (primary N) is 2. The van der Waals surface area contributed by atoms with E-state index in [4.69, 9.17) is 5.73 Å². The molecular weight excluding hydrogens is 727 g/mol. The summed E-state index contributed by atoms with van der Waals surface area (Å²) in [6.45, 7) is 5.44. The van der Waals surface area contributed by atoms with Crippen molar-refractivity contribution < 1.29 is 0 Å². The highest BCUT2D eigenvalue weighted by Gasteiger charge is 2.52. The Kier molecular flexibility index (Phi) is 9.25. The van der Waals surface area contributed by atoms with Crippen LogP contribution in [0.15, 0.2) is 194 Å². The maximum absolute atomic E-state index is 5.54. The van der Waals surface area contributed by atoms with E-state index in [1.807, 2.05) is 12.1 Å². The highest BCUT2D eigenvalue weighted by molar-refractivity contribution is 6.12.